The number of nitrogens with one attached hydrogen (secondary N) is 2. The average molecular weight is 335 g/mol. The summed E-state index contributed by atoms with van der Waals surface area (Å²) in [4.78, 5) is 9.04. The minimum absolute atomic E-state index is 0.133. The highest BCUT2D eigenvalue weighted by atomic mass is 16.3. The number of hydrogen-bond acceptors (Lipinski definition) is 2. The number of phenols is 1. The third-order valence-corrected chi connectivity index (χ3v) is 5.49. The Morgan fingerprint density at radius 3 is 2.64 bits per heavy atom. The Balaban J connectivity index is 1.82. The summed E-state index contributed by atoms with van der Waals surface area (Å²) in [7, 11) is 0. The van der Waals surface area contributed by atoms with Gasteiger partial charge >= 0.3 is 0 Å². The Bertz CT molecular complexity index is 857. The van der Waals surface area contributed by atoms with Crippen LogP contribution in [0.3, 0.4) is 0 Å². The largest absolute Gasteiger partial charge is 0.505 e. The van der Waals surface area contributed by atoms with E-state index < -0.39 is 0 Å². The van der Waals surface area contributed by atoms with E-state index in [-0.39, 0.29) is 6.04 Å². The van der Waals surface area contributed by atoms with Gasteiger partial charge in [-0.25, -0.2) is 4.98 Å². The number of piperidine rings is 1. The second-order valence-electron chi connectivity index (χ2n) is 7.19. The van der Waals surface area contributed by atoms with Gasteiger partial charge in [-0.1, -0.05) is 19.1 Å². The zero-order valence-corrected chi connectivity index (χ0v) is 14.6. The molecule has 25 heavy (non-hydrogen) atoms. The van der Waals surface area contributed by atoms with E-state index in [1.807, 2.05) is 24.5 Å². The Morgan fingerprint density at radius 2 is 1.88 bits per heavy atom. The van der Waals surface area contributed by atoms with Gasteiger partial charge in [0, 0.05) is 29.3 Å². The van der Waals surface area contributed by atoms with Gasteiger partial charge < -0.3 is 10.0 Å². The van der Waals surface area contributed by atoms with Gasteiger partial charge in [-0.3, -0.25) is 4.98 Å². The topological polar surface area (TPSA) is 51.7 Å². The first-order chi connectivity index (χ1) is 12.2. The number of aromatic amines is 1. The normalized spacial score (nSPS) is 22.0. The Kier molecular flexibility index (Phi) is 4.36. The SMILES string of the molecule is CC1CC[NH+](C(c2cc[nH+]cc2)c2ccc3cccnc3c2O)CC1. The molecule has 0 radical (unpaired) electrons. The fraction of sp³-hybridized carbons (Fsp3) is 0.333. The van der Waals surface area contributed by atoms with Crippen LogP contribution in [0.5, 0.6) is 5.75 Å². The van der Waals surface area contributed by atoms with E-state index in [9.17, 15) is 5.11 Å². The summed E-state index contributed by atoms with van der Waals surface area (Å²) in [5.41, 5.74) is 2.90. The molecule has 1 aromatic carbocycles. The highest BCUT2D eigenvalue weighted by Gasteiger charge is 2.32. The molecule has 2 aromatic heterocycles. The van der Waals surface area contributed by atoms with Crippen LogP contribution in [-0.2, 0) is 0 Å². The van der Waals surface area contributed by atoms with Gasteiger partial charge in [0.05, 0.1) is 18.7 Å². The maximum absolute atomic E-state index is 11.0. The molecule has 1 atom stereocenters. The maximum atomic E-state index is 11.0. The fourth-order valence-corrected chi connectivity index (χ4v) is 4.03. The third kappa shape index (κ3) is 3.10. The molecule has 1 fully saturated rings. The van der Waals surface area contributed by atoms with E-state index >= 15 is 0 Å². The van der Waals surface area contributed by atoms with Crippen LogP contribution in [0, 0.1) is 5.92 Å². The van der Waals surface area contributed by atoms with Crippen molar-refractivity contribution in [2.75, 3.05) is 13.1 Å². The molecule has 1 aliphatic rings. The molecule has 1 unspecified atom stereocenters. The van der Waals surface area contributed by atoms with E-state index in [0.29, 0.717) is 11.3 Å². The number of quaternary nitrogens is 1. The van der Waals surface area contributed by atoms with Gasteiger partial charge in [0.1, 0.15) is 11.6 Å². The number of aromatic nitrogens is 2. The van der Waals surface area contributed by atoms with Crippen molar-refractivity contribution in [1.82, 2.24) is 4.98 Å². The smallest absolute Gasteiger partial charge is 0.167 e. The Labute approximate surface area is 148 Å². The lowest BCUT2D eigenvalue weighted by atomic mass is 9.91. The summed E-state index contributed by atoms with van der Waals surface area (Å²) < 4.78 is 0. The molecule has 0 amide bonds. The number of hydrogen-bond donors (Lipinski definition) is 2. The molecule has 3 aromatic rings. The van der Waals surface area contributed by atoms with Crippen molar-refractivity contribution in [3.63, 3.8) is 0 Å². The molecule has 4 rings (SSSR count). The van der Waals surface area contributed by atoms with Crippen LogP contribution < -0.4 is 9.88 Å². The Morgan fingerprint density at radius 1 is 1.12 bits per heavy atom. The molecule has 0 aliphatic carbocycles. The number of phenolic OH excluding ortho intramolecular Hbond substituents is 1. The average Bonchev–Trinajstić information content (AvgIpc) is 2.66. The van der Waals surface area contributed by atoms with Gasteiger partial charge in [-0.05, 0) is 30.9 Å². The molecule has 3 heterocycles. The van der Waals surface area contributed by atoms with Crippen LogP contribution in [0.15, 0.2) is 55.0 Å². The van der Waals surface area contributed by atoms with E-state index in [1.165, 1.54) is 23.3 Å². The summed E-state index contributed by atoms with van der Waals surface area (Å²) in [6.45, 7) is 4.59. The number of likely N-dealkylation sites (tertiary alicyclic amines) is 1. The van der Waals surface area contributed by atoms with Gasteiger partial charge in [0.25, 0.3) is 0 Å². The molecule has 0 bridgehead atoms. The lowest BCUT2D eigenvalue weighted by molar-refractivity contribution is -0.931. The van der Waals surface area contributed by atoms with Crippen LogP contribution in [0.25, 0.3) is 10.9 Å². The predicted molar refractivity (Wildman–Crippen MR) is 97.3 cm³/mol. The van der Waals surface area contributed by atoms with Crippen molar-refractivity contribution >= 4 is 10.9 Å². The highest BCUT2D eigenvalue weighted by molar-refractivity contribution is 5.85. The van der Waals surface area contributed by atoms with Gasteiger partial charge in [0.2, 0.25) is 0 Å². The molecular weight excluding hydrogens is 310 g/mol. The van der Waals surface area contributed by atoms with E-state index in [4.69, 9.17) is 0 Å². The Hall–Kier alpha value is -2.46. The molecule has 4 nitrogen and oxygen atoms in total. The molecule has 1 saturated heterocycles. The van der Waals surface area contributed by atoms with Crippen LogP contribution in [0.1, 0.15) is 36.9 Å². The number of pyridine rings is 2. The quantitative estimate of drug-likeness (QED) is 0.771. The van der Waals surface area contributed by atoms with Gasteiger partial charge in [0.15, 0.2) is 18.1 Å². The summed E-state index contributed by atoms with van der Waals surface area (Å²) in [5, 5.41) is 12.0. The third-order valence-electron chi connectivity index (χ3n) is 5.49. The number of H-pyrrole nitrogens is 1. The molecule has 0 spiro atoms. The van der Waals surface area contributed by atoms with Gasteiger partial charge in [-0.2, -0.15) is 0 Å². The molecule has 128 valence electrons. The summed E-state index contributed by atoms with van der Waals surface area (Å²) in [6, 6.07) is 12.4. The van der Waals surface area contributed by atoms with Crippen molar-refractivity contribution in [1.29, 1.82) is 0 Å². The number of aromatic hydroxyl groups is 1. The van der Waals surface area contributed by atoms with E-state index in [1.54, 1.807) is 6.20 Å². The van der Waals surface area contributed by atoms with Crippen LogP contribution in [0.4, 0.5) is 0 Å². The van der Waals surface area contributed by atoms with Crippen molar-refractivity contribution in [2.24, 2.45) is 5.92 Å². The first kappa shape index (κ1) is 16.0. The first-order valence-electron chi connectivity index (χ1n) is 9.11. The lowest BCUT2D eigenvalue weighted by Crippen LogP contribution is -3.13. The molecule has 3 N–H and O–H groups in total. The fourth-order valence-electron chi connectivity index (χ4n) is 4.03. The zero-order valence-electron chi connectivity index (χ0n) is 14.6. The maximum Gasteiger partial charge on any atom is 0.167 e. The molecule has 1 aliphatic heterocycles. The second kappa shape index (κ2) is 6.81. The van der Waals surface area contributed by atoms with Crippen LogP contribution in [0.2, 0.25) is 0 Å². The van der Waals surface area contributed by atoms with E-state index in [0.717, 1.165) is 30.0 Å². The number of benzene rings is 1. The van der Waals surface area contributed by atoms with Crippen molar-refractivity contribution < 1.29 is 15.0 Å². The monoisotopic (exact) mass is 335 g/mol. The summed E-state index contributed by atoms with van der Waals surface area (Å²) >= 11 is 0. The van der Waals surface area contributed by atoms with Gasteiger partial charge in [-0.15, -0.1) is 0 Å². The standard InChI is InChI=1S/C21H23N3O/c1-15-8-13-24(14-9-15)20(17-6-11-22-12-7-17)18-5-4-16-3-2-10-23-19(16)21(18)25/h2-7,10-12,15,20,25H,8-9,13-14H2,1H3/p+2. The van der Waals surface area contributed by atoms with Crippen molar-refractivity contribution in [3.8, 4) is 5.75 Å². The summed E-state index contributed by atoms with van der Waals surface area (Å²) in [6.07, 6.45) is 8.14. The predicted octanol–water partition coefficient (Wildman–Crippen LogP) is 2.16. The zero-order chi connectivity index (χ0) is 17.2. The number of fused-ring (bicyclic) bond motifs is 1. The second-order valence-corrected chi connectivity index (χ2v) is 7.19. The highest BCUT2D eigenvalue weighted by Crippen LogP contribution is 2.33. The summed E-state index contributed by atoms with van der Waals surface area (Å²) in [5.74, 6) is 1.11. The molecular formula is C21H25N3O+2. The molecule has 0 saturated carbocycles. The van der Waals surface area contributed by atoms with Crippen molar-refractivity contribution in [3.05, 3.63) is 66.1 Å². The lowest BCUT2D eigenvalue weighted by Gasteiger charge is -2.34. The van der Waals surface area contributed by atoms with E-state index in [2.05, 4.69) is 41.2 Å². The minimum Gasteiger partial charge on any atom is -0.505 e. The number of nitrogens with zero attached hydrogens (tertiary/aromatic N) is 1. The first-order valence-corrected chi connectivity index (χ1v) is 9.11. The van der Waals surface area contributed by atoms with Crippen molar-refractivity contribution in [2.45, 2.75) is 25.8 Å². The van der Waals surface area contributed by atoms with Crippen LogP contribution >= 0.6 is 0 Å². The number of rotatable bonds is 3. The van der Waals surface area contributed by atoms with Crippen LogP contribution in [-0.4, -0.2) is 23.2 Å². The minimum atomic E-state index is 0.133. The molecule has 4 heteroatoms.